The van der Waals surface area contributed by atoms with Crippen LogP contribution in [0.15, 0.2) is 180 Å². The minimum Gasteiger partial charge on any atom is -0.456 e. The number of rotatable bonds is 5. The van der Waals surface area contributed by atoms with Gasteiger partial charge in [0.05, 0.1) is 16.1 Å². The van der Waals surface area contributed by atoms with E-state index in [9.17, 15) is 0 Å². The molecule has 2 heterocycles. The standard InChI is InChI=1S/C46H29NOS/c1-3-12-30(13-4-1)31-22-24-35(25-23-31)47(41-20-11-19-38-37-18-9-10-21-44(37)49-46(38)41)36-28-39(32-14-5-2-6-15-32)45-40-26-33-16-7-8-17-34(33)27-42(40)48-43(45)29-36/h1-29H. The van der Waals surface area contributed by atoms with Crippen molar-refractivity contribution >= 4 is 81.3 Å². The van der Waals surface area contributed by atoms with E-state index in [2.05, 4.69) is 181 Å². The van der Waals surface area contributed by atoms with Gasteiger partial charge >= 0.3 is 0 Å². The highest BCUT2D eigenvalue weighted by molar-refractivity contribution is 7.26. The van der Waals surface area contributed by atoms with E-state index in [1.54, 1.807) is 0 Å². The van der Waals surface area contributed by atoms with E-state index in [4.69, 9.17) is 4.42 Å². The average molecular weight is 644 g/mol. The molecule has 0 aliphatic heterocycles. The molecule has 0 unspecified atom stereocenters. The van der Waals surface area contributed by atoms with E-state index in [-0.39, 0.29) is 0 Å². The third-order valence-corrected chi connectivity index (χ3v) is 10.8. The minimum absolute atomic E-state index is 0.871. The summed E-state index contributed by atoms with van der Waals surface area (Å²) in [5.74, 6) is 0. The molecule has 10 aromatic rings. The number of hydrogen-bond donors (Lipinski definition) is 0. The Morgan fingerprint density at radius 1 is 0.429 bits per heavy atom. The fourth-order valence-electron chi connectivity index (χ4n) is 7.32. The van der Waals surface area contributed by atoms with Gasteiger partial charge in [0, 0.05) is 38.0 Å². The van der Waals surface area contributed by atoms with E-state index < -0.39 is 0 Å². The average Bonchev–Trinajstić information content (AvgIpc) is 3.73. The number of nitrogens with zero attached hydrogens (tertiary/aromatic N) is 1. The maximum Gasteiger partial charge on any atom is 0.138 e. The zero-order valence-electron chi connectivity index (χ0n) is 26.5. The Balaban J connectivity index is 1.26. The van der Waals surface area contributed by atoms with Crippen LogP contribution >= 0.6 is 11.3 Å². The van der Waals surface area contributed by atoms with Crippen LogP contribution in [0.3, 0.4) is 0 Å². The van der Waals surface area contributed by atoms with Gasteiger partial charge in [0.2, 0.25) is 0 Å². The van der Waals surface area contributed by atoms with Crippen LogP contribution in [0.1, 0.15) is 0 Å². The monoisotopic (exact) mass is 643 g/mol. The lowest BCUT2D eigenvalue weighted by Crippen LogP contribution is -2.10. The second-order valence-electron chi connectivity index (χ2n) is 12.5. The Bertz CT molecular complexity index is 2810. The number of anilines is 3. The first-order valence-electron chi connectivity index (χ1n) is 16.6. The van der Waals surface area contributed by atoms with Crippen molar-refractivity contribution in [3.05, 3.63) is 176 Å². The molecule has 0 N–H and O–H groups in total. The van der Waals surface area contributed by atoms with Gasteiger partial charge in [-0.15, -0.1) is 11.3 Å². The predicted octanol–water partition coefficient (Wildman–Crippen LogP) is 13.9. The van der Waals surface area contributed by atoms with Crippen LogP contribution in [0.5, 0.6) is 0 Å². The first-order valence-corrected chi connectivity index (χ1v) is 17.4. The van der Waals surface area contributed by atoms with Gasteiger partial charge < -0.3 is 9.32 Å². The van der Waals surface area contributed by atoms with Crippen molar-refractivity contribution in [1.29, 1.82) is 0 Å². The van der Waals surface area contributed by atoms with E-state index in [1.165, 1.54) is 42.1 Å². The molecule has 0 spiro atoms. The molecule has 0 radical (unpaired) electrons. The van der Waals surface area contributed by atoms with Gasteiger partial charge in [-0.3, -0.25) is 0 Å². The number of hydrogen-bond acceptors (Lipinski definition) is 3. The molecule has 0 aliphatic carbocycles. The molecule has 0 bridgehead atoms. The van der Waals surface area contributed by atoms with Gasteiger partial charge in [-0.2, -0.15) is 0 Å². The van der Waals surface area contributed by atoms with Crippen LogP contribution in [-0.4, -0.2) is 0 Å². The van der Waals surface area contributed by atoms with Gasteiger partial charge in [0.15, 0.2) is 0 Å². The van der Waals surface area contributed by atoms with Gasteiger partial charge in [0.25, 0.3) is 0 Å². The maximum atomic E-state index is 6.77. The summed E-state index contributed by atoms with van der Waals surface area (Å²) >= 11 is 1.85. The normalized spacial score (nSPS) is 11.7. The highest BCUT2D eigenvalue weighted by Crippen LogP contribution is 2.48. The van der Waals surface area contributed by atoms with Gasteiger partial charge in [-0.25, -0.2) is 0 Å². The van der Waals surface area contributed by atoms with Crippen LogP contribution < -0.4 is 4.90 Å². The molecule has 0 aliphatic rings. The topological polar surface area (TPSA) is 16.4 Å². The van der Waals surface area contributed by atoms with Crippen molar-refractivity contribution in [3.63, 3.8) is 0 Å². The lowest BCUT2D eigenvalue weighted by molar-refractivity contribution is 0.669. The molecular weight excluding hydrogens is 615 g/mol. The molecule has 0 saturated carbocycles. The first-order chi connectivity index (χ1) is 24.3. The smallest absolute Gasteiger partial charge is 0.138 e. The summed E-state index contributed by atoms with van der Waals surface area (Å²) in [7, 11) is 0. The van der Waals surface area contributed by atoms with Crippen LogP contribution in [-0.2, 0) is 0 Å². The third-order valence-electron chi connectivity index (χ3n) is 9.62. The summed E-state index contributed by atoms with van der Waals surface area (Å²) in [6, 6.07) is 63.2. The van der Waals surface area contributed by atoms with Crippen molar-refractivity contribution in [2.45, 2.75) is 0 Å². The van der Waals surface area contributed by atoms with Crippen LogP contribution in [0.2, 0.25) is 0 Å². The number of thiophene rings is 1. The van der Waals surface area contributed by atoms with Gasteiger partial charge in [0.1, 0.15) is 11.2 Å². The number of furan rings is 1. The SMILES string of the molecule is c1ccc(-c2ccc(N(c3cc(-c4ccccc4)c4c(c3)oc3cc5ccccc5cc34)c3cccc4c3sc3ccccc34)cc2)cc1. The van der Waals surface area contributed by atoms with E-state index in [0.29, 0.717) is 0 Å². The fourth-order valence-corrected chi connectivity index (χ4v) is 8.53. The second kappa shape index (κ2) is 11.2. The molecule has 2 aromatic heterocycles. The molecular formula is C46H29NOS. The van der Waals surface area contributed by atoms with Crippen molar-refractivity contribution in [2.75, 3.05) is 4.90 Å². The zero-order chi connectivity index (χ0) is 32.3. The summed E-state index contributed by atoms with van der Waals surface area (Å²) < 4.78 is 9.32. The number of benzene rings is 8. The Morgan fingerprint density at radius 3 is 1.88 bits per heavy atom. The quantitative estimate of drug-likeness (QED) is 0.186. The summed E-state index contributed by atoms with van der Waals surface area (Å²) in [6.07, 6.45) is 0. The molecule has 3 heteroatoms. The molecule has 10 rings (SSSR count). The van der Waals surface area contributed by atoms with E-state index >= 15 is 0 Å². The lowest BCUT2D eigenvalue weighted by Gasteiger charge is -2.27. The molecule has 49 heavy (non-hydrogen) atoms. The third kappa shape index (κ3) is 4.62. The molecule has 8 aromatic carbocycles. The summed E-state index contributed by atoms with van der Waals surface area (Å²) in [4.78, 5) is 2.40. The van der Waals surface area contributed by atoms with E-state index in [1.807, 2.05) is 11.3 Å². The molecule has 2 nitrogen and oxygen atoms in total. The summed E-state index contributed by atoms with van der Waals surface area (Å²) in [5.41, 5.74) is 9.75. The van der Waals surface area contributed by atoms with Crippen LogP contribution in [0.25, 0.3) is 75.1 Å². The van der Waals surface area contributed by atoms with Crippen molar-refractivity contribution < 1.29 is 4.42 Å². The lowest BCUT2D eigenvalue weighted by atomic mass is 9.97. The molecule has 0 fully saturated rings. The second-order valence-corrected chi connectivity index (χ2v) is 13.6. The Hall–Kier alpha value is -6.16. The molecule has 0 amide bonds. The van der Waals surface area contributed by atoms with Gasteiger partial charge in [-0.05, 0) is 75.5 Å². The zero-order valence-corrected chi connectivity index (χ0v) is 27.3. The number of fused-ring (bicyclic) bond motifs is 7. The van der Waals surface area contributed by atoms with Crippen molar-refractivity contribution in [3.8, 4) is 22.3 Å². The maximum absolute atomic E-state index is 6.77. The molecule has 0 saturated heterocycles. The summed E-state index contributed by atoms with van der Waals surface area (Å²) in [6.45, 7) is 0. The van der Waals surface area contributed by atoms with Crippen LogP contribution in [0.4, 0.5) is 17.1 Å². The highest BCUT2D eigenvalue weighted by atomic mass is 32.1. The predicted molar refractivity (Wildman–Crippen MR) is 210 cm³/mol. The Morgan fingerprint density at radius 2 is 1.08 bits per heavy atom. The first kappa shape index (κ1) is 27.9. The highest BCUT2D eigenvalue weighted by Gasteiger charge is 2.22. The van der Waals surface area contributed by atoms with Crippen molar-refractivity contribution in [1.82, 2.24) is 0 Å². The molecule has 230 valence electrons. The summed E-state index contributed by atoms with van der Waals surface area (Å²) in [5, 5.41) is 7.20. The minimum atomic E-state index is 0.871. The van der Waals surface area contributed by atoms with Gasteiger partial charge in [-0.1, -0.05) is 127 Å². The molecule has 0 atom stereocenters. The van der Waals surface area contributed by atoms with Crippen molar-refractivity contribution in [2.24, 2.45) is 0 Å². The Kier molecular flexibility index (Phi) is 6.39. The Labute approximate surface area is 287 Å². The largest absolute Gasteiger partial charge is 0.456 e. The van der Waals surface area contributed by atoms with E-state index in [0.717, 1.165) is 50.1 Å². The van der Waals surface area contributed by atoms with Crippen LogP contribution in [0, 0.1) is 0 Å². The fraction of sp³-hybridized carbons (Fsp3) is 0.